The van der Waals surface area contributed by atoms with Crippen LogP contribution in [0.4, 0.5) is 0 Å². The summed E-state index contributed by atoms with van der Waals surface area (Å²) >= 11 is 1.66. The lowest BCUT2D eigenvalue weighted by molar-refractivity contribution is -0.117. The van der Waals surface area contributed by atoms with Crippen molar-refractivity contribution in [2.75, 3.05) is 0 Å². The topological polar surface area (TPSA) is 81.1 Å². The summed E-state index contributed by atoms with van der Waals surface area (Å²) in [6, 6.07) is 7.06. The fourth-order valence-electron chi connectivity index (χ4n) is 2.70. The van der Waals surface area contributed by atoms with E-state index in [1.807, 2.05) is 10.6 Å². The van der Waals surface area contributed by atoms with E-state index in [4.69, 9.17) is 5.73 Å². The number of aromatic nitrogens is 2. The molecule has 0 unspecified atom stereocenters. The minimum absolute atomic E-state index is 0.150. The third-order valence-electron chi connectivity index (χ3n) is 3.96. The van der Waals surface area contributed by atoms with Gasteiger partial charge in [0.25, 0.3) is 0 Å². The number of nitrogens with two attached hydrogens (primary N) is 1. The lowest BCUT2D eigenvalue weighted by atomic mass is 10.1. The third kappa shape index (κ3) is 3.65. The second-order valence-electron chi connectivity index (χ2n) is 5.84. The first kappa shape index (κ1) is 16.3. The number of hydrogen-bond donors (Lipinski definition) is 2. The average molecular weight is 341 g/mol. The molecule has 6 heteroatoms. The zero-order valence-electron chi connectivity index (χ0n) is 13.4. The van der Waals surface area contributed by atoms with Crippen molar-refractivity contribution in [1.29, 1.82) is 0 Å². The van der Waals surface area contributed by atoms with Gasteiger partial charge in [-0.3, -0.25) is 4.79 Å². The number of aryl methyl sites for hydroxylation is 1. The monoisotopic (exact) mass is 341 g/mol. The summed E-state index contributed by atoms with van der Waals surface area (Å²) in [6.07, 6.45) is 2.57. The Morgan fingerprint density at radius 1 is 1.38 bits per heavy atom. The Morgan fingerprint density at radius 2 is 2.21 bits per heavy atom. The molecule has 0 aliphatic rings. The van der Waals surface area contributed by atoms with E-state index in [1.54, 1.807) is 35.9 Å². The fourth-order valence-corrected chi connectivity index (χ4v) is 3.56. The molecule has 0 spiro atoms. The van der Waals surface area contributed by atoms with E-state index in [9.17, 15) is 9.90 Å². The van der Waals surface area contributed by atoms with Crippen LogP contribution in [0.25, 0.3) is 0 Å². The van der Waals surface area contributed by atoms with Crippen molar-refractivity contribution in [1.82, 2.24) is 9.55 Å². The number of carbonyl (C=O) groups excluding carboxylic acids is 1. The highest BCUT2D eigenvalue weighted by atomic mass is 32.1. The highest BCUT2D eigenvalue weighted by Gasteiger charge is 2.15. The maximum Gasteiger partial charge on any atom is 0.223 e. The third-order valence-corrected chi connectivity index (χ3v) is 4.87. The quantitative estimate of drug-likeness (QED) is 0.723. The molecule has 0 atom stereocenters. The van der Waals surface area contributed by atoms with Crippen molar-refractivity contribution < 1.29 is 9.90 Å². The number of phenolic OH excluding ortho intramolecular Hbond substituents is 1. The standard InChI is InChI=1S/C18H19N3O2S/c1-12-9-24-10-14(12)6-16-17(7-18(19)23)21(11-20-16)8-13-3-2-4-15(22)5-13/h2-5,9-11,22H,6-8H2,1H3,(H2,19,23). The molecule has 0 saturated heterocycles. The van der Waals surface area contributed by atoms with Crippen LogP contribution in [0.3, 0.4) is 0 Å². The van der Waals surface area contributed by atoms with Gasteiger partial charge in [-0.15, -0.1) is 0 Å². The van der Waals surface area contributed by atoms with E-state index in [2.05, 4.69) is 22.7 Å². The first-order valence-corrected chi connectivity index (χ1v) is 8.58. The van der Waals surface area contributed by atoms with Gasteiger partial charge in [0.05, 0.1) is 24.1 Å². The van der Waals surface area contributed by atoms with Crippen LogP contribution in [0, 0.1) is 6.92 Å². The van der Waals surface area contributed by atoms with Crippen LogP contribution in [-0.2, 0) is 24.2 Å². The van der Waals surface area contributed by atoms with E-state index >= 15 is 0 Å². The zero-order chi connectivity index (χ0) is 17.1. The number of carbonyl (C=O) groups is 1. The number of imidazole rings is 1. The van der Waals surface area contributed by atoms with Gasteiger partial charge in [-0.25, -0.2) is 4.98 Å². The second kappa shape index (κ2) is 6.88. The van der Waals surface area contributed by atoms with Crippen molar-refractivity contribution >= 4 is 17.2 Å². The van der Waals surface area contributed by atoms with Crippen molar-refractivity contribution in [3.05, 3.63) is 69.4 Å². The molecule has 3 N–H and O–H groups in total. The van der Waals surface area contributed by atoms with E-state index in [1.165, 1.54) is 11.1 Å². The molecule has 1 aromatic carbocycles. The Labute approximate surface area is 144 Å². The summed E-state index contributed by atoms with van der Waals surface area (Å²) in [5.41, 5.74) is 10.5. The van der Waals surface area contributed by atoms with Gasteiger partial charge in [0, 0.05) is 13.0 Å². The van der Waals surface area contributed by atoms with Gasteiger partial charge in [-0.2, -0.15) is 11.3 Å². The van der Waals surface area contributed by atoms with Crippen molar-refractivity contribution in [2.45, 2.75) is 26.3 Å². The van der Waals surface area contributed by atoms with Crippen LogP contribution in [0.2, 0.25) is 0 Å². The number of benzene rings is 1. The predicted octanol–water partition coefficient (Wildman–Crippen LogP) is 2.63. The van der Waals surface area contributed by atoms with Crippen LogP contribution < -0.4 is 5.73 Å². The Bertz CT molecular complexity index is 867. The summed E-state index contributed by atoms with van der Waals surface area (Å²) in [5, 5.41) is 13.8. The van der Waals surface area contributed by atoms with Crippen LogP contribution in [0.5, 0.6) is 5.75 Å². The molecule has 124 valence electrons. The van der Waals surface area contributed by atoms with Crippen LogP contribution >= 0.6 is 11.3 Å². The van der Waals surface area contributed by atoms with Gasteiger partial charge < -0.3 is 15.4 Å². The molecule has 3 rings (SSSR count). The maximum atomic E-state index is 11.5. The molecule has 2 aromatic heterocycles. The molecule has 0 saturated carbocycles. The summed E-state index contributed by atoms with van der Waals surface area (Å²) in [4.78, 5) is 16.0. The van der Waals surface area contributed by atoms with E-state index < -0.39 is 0 Å². The lowest BCUT2D eigenvalue weighted by Crippen LogP contribution is -2.18. The van der Waals surface area contributed by atoms with Gasteiger partial charge in [-0.1, -0.05) is 12.1 Å². The summed E-state index contributed by atoms with van der Waals surface area (Å²) in [5.74, 6) is -0.158. The number of hydrogen-bond acceptors (Lipinski definition) is 4. The number of aromatic hydroxyl groups is 1. The average Bonchev–Trinajstić information content (AvgIpc) is 3.08. The van der Waals surface area contributed by atoms with E-state index in [0.717, 1.165) is 17.0 Å². The van der Waals surface area contributed by atoms with E-state index in [-0.39, 0.29) is 18.1 Å². The first-order valence-electron chi connectivity index (χ1n) is 7.63. The van der Waals surface area contributed by atoms with Gasteiger partial charge in [0.2, 0.25) is 5.91 Å². The molecule has 5 nitrogen and oxygen atoms in total. The summed E-state index contributed by atoms with van der Waals surface area (Å²) < 4.78 is 1.93. The van der Waals surface area contributed by atoms with Gasteiger partial charge in [0.1, 0.15) is 5.75 Å². The SMILES string of the molecule is Cc1cscc1Cc1ncn(Cc2cccc(O)c2)c1CC(N)=O. The molecular formula is C18H19N3O2S. The number of primary amides is 1. The minimum atomic E-state index is -0.379. The number of nitrogens with zero attached hydrogens (tertiary/aromatic N) is 2. The number of phenols is 1. The molecular weight excluding hydrogens is 322 g/mol. The number of amides is 1. The Balaban J connectivity index is 1.91. The largest absolute Gasteiger partial charge is 0.508 e. The highest BCUT2D eigenvalue weighted by molar-refractivity contribution is 7.08. The molecule has 0 fully saturated rings. The fraction of sp³-hybridized carbons (Fsp3) is 0.222. The predicted molar refractivity (Wildman–Crippen MR) is 94.2 cm³/mol. The Morgan fingerprint density at radius 3 is 2.88 bits per heavy atom. The molecule has 0 aliphatic heterocycles. The molecule has 24 heavy (non-hydrogen) atoms. The van der Waals surface area contributed by atoms with Crippen molar-refractivity contribution in [3.8, 4) is 5.75 Å². The molecule has 1 amide bonds. The van der Waals surface area contributed by atoms with Crippen LogP contribution in [-0.4, -0.2) is 20.6 Å². The van der Waals surface area contributed by atoms with Crippen molar-refractivity contribution in [3.63, 3.8) is 0 Å². The smallest absolute Gasteiger partial charge is 0.223 e. The molecule has 0 aliphatic carbocycles. The van der Waals surface area contributed by atoms with Crippen LogP contribution in [0.1, 0.15) is 28.1 Å². The number of rotatable bonds is 6. The van der Waals surface area contributed by atoms with Gasteiger partial charge >= 0.3 is 0 Å². The molecule has 0 radical (unpaired) electrons. The second-order valence-corrected chi connectivity index (χ2v) is 6.58. The van der Waals surface area contributed by atoms with E-state index in [0.29, 0.717) is 13.0 Å². The van der Waals surface area contributed by atoms with Gasteiger partial charge in [0.15, 0.2) is 0 Å². The lowest BCUT2D eigenvalue weighted by Gasteiger charge is -2.09. The summed E-state index contributed by atoms with van der Waals surface area (Å²) in [7, 11) is 0. The highest BCUT2D eigenvalue weighted by Crippen LogP contribution is 2.21. The minimum Gasteiger partial charge on any atom is -0.508 e. The van der Waals surface area contributed by atoms with Crippen molar-refractivity contribution in [2.24, 2.45) is 5.73 Å². The normalized spacial score (nSPS) is 10.9. The Kier molecular flexibility index (Phi) is 4.66. The molecule has 2 heterocycles. The maximum absolute atomic E-state index is 11.5. The summed E-state index contributed by atoms with van der Waals surface area (Å²) in [6.45, 7) is 2.61. The number of thiophene rings is 1. The van der Waals surface area contributed by atoms with Gasteiger partial charge in [-0.05, 0) is 46.5 Å². The molecule has 0 bridgehead atoms. The molecule has 3 aromatic rings. The Hall–Kier alpha value is -2.60. The van der Waals surface area contributed by atoms with Crippen LogP contribution in [0.15, 0.2) is 41.4 Å². The first-order chi connectivity index (χ1) is 11.5. The zero-order valence-corrected chi connectivity index (χ0v) is 14.2.